The molecule has 0 amide bonds. The first-order chi connectivity index (χ1) is 13.2. The molecule has 0 spiro atoms. The van der Waals surface area contributed by atoms with Crippen molar-refractivity contribution in [3.63, 3.8) is 0 Å². The van der Waals surface area contributed by atoms with Crippen LogP contribution in [-0.4, -0.2) is 23.8 Å². The number of hydrogen-bond donors (Lipinski definition) is 1. The molecule has 1 N–H and O–H groups in total. The summed E-state index contributed by atoms with van der Waals surface area (Å²) >= 11 is 1.56. The quantitative estimate of drug-likeness (QED) is 0.478. The van der Waals surface area contributed by atoms with E-state index < -0.39 is 0 Å². The Hall–Kier alpha value is -2.66. The second-order valence-corrected chi connectivity index (χ2v) is 7.91. The predicted molar refractivity (Wildman–Crippen MR) is 116 cm³/mol. The molecule has 138 valence electrons. The van der Waals surface area contributed by atoms with Crippen LogP contribution in [0.5, 0.6) is 0 Å². The van der Waals surface area contributed by atoms with Crippen LogP contribution >= 0.6 is 11.3 Å². The van der Waals surface area contributed by atoms with E-state index in [4.69, 9.17) is 0 Å². The van der Waals surface area contributed by atoms with Gasteiger partial charge in [-0.05, 0) is 49.9 Å². The number of hydrazone groups is 1. The van der Waals surface area contributed by atoms with Crippen molar-refractivity contribution in [2.45, 2.75) is 32.7 Å². The number of thiazole rings is 1. The minimum absolute atomic E-state index is 0.536. The molecule has 0 saturated heterocycles. The van der Waals surface area contributed by atoms with Crippen molar-refractivity contribution >= 4 is 28.4 Å². The average molecular weight is 377 g/mol. The first-order valence-corrected chi connectivity index (χ1v) is 10.3. The SMILES string of the molecule is CC(C)N1CCCc2cc(C=NNc3nc(-c4ccccc4)cs3)ccc21. The number of aryl methyl sites for hydroxylation is 1. The Morgan fingerprint density at radius 2 is 2.04 bits per heavy atom. The van der Waals surface area contributed by atoms with Crippen LogP contribution in [0.15, 0.2) is 59.0 Å². The summed E-state index contributed by atoms with van der Waals surface area (Å²) in [5.74, 6) is 0. The molecular weight excluding hydrogens is 352 g/mol. The van der Waals surface area contributed by atoms with Gasteiger partial charge in [0, 0.05) is 29.2 Å². The zero-order valence-corrected chi connectivity index (χ0v) is 16.5. The lowest BCUT2D eigenvalue weighted by molar-refractivity contribution is 0.625. The maximum absolute atomic E-state index is 4.60. The third-order valence-electron chi connectivity index (χ3n) is 4.83. The molecule has 0 aliphatic carbocycles. The Labute approximate surface area is 164 Å². The van der Waals surface area contributed by atoms with Crippen molar-refractivity contribution in [3.05, 3.63) is 65.0 Å². The predicted octanol–water partition coefficient (Wildman–Crippen LogP) is 5.42. The van der Waals surface area contributed by atoms with Gasteiger partial charge in [-0.25, -0.2) is 4.98 Å². The highest BCUT2D eigenvalue weighted by Crippen LogP contribution is 2.29. The monoisotopic (exact) mass is 376 g/mol. The van der Waals surface area contributed by atoms with E-state index >= 15 is 0 Å². The number of rotatable bonds is 5. The van der Waals surface area contributed by atoms with Crippen LogP contribution in [0.2, 0.25) is 0 Å². The molecule has 2 heterocycles. The van der Waals surface area contributed by atoms with Crippen LogP contribution in [0, 0.1) is 0 Å². The van der Waals surface area contributed by atoms with Crippen LogP contribution in [-0.2, 0) is 6.42 Å². The molecule has 1 aliphatic heterocycles. The van der Waals surface area contributed by atoms with E-state index in [1.807, 2.05) is 29.8 Å². The second kappa shape index (κ2) is 7.92. The number of aromatic nitrogens is 1. The Morgan fingerprint density at radius 1 is 1.19 bits per heavy atom. The number of nitrogens with zero attached hydrogens (tertiary/aromatic N) is 3. The maximum atomic E-state index is 4.60. The van der Waals surface area contributed by atoms with Crippen molar-refractivity contribution in [2.75, 3.05) is 16.9 Å². The lowest BCUT2D eigenvalue weighted by Gasteiger charge is -2.34. The van der Waals surface area contributed by atoms with Crippen LogP contribution < -0.4 is 10.3 Å². The van der Waals surface area contributed by atoms with E-state index in [1.54, 1.807) is 11.3 Å². The van der Waals surface area contributed by atoms with Crippen LogP contribution in [0.4, 0.5) is 10.8 Å². The molecule has 4 rings (SSSR count). The largest absolute Gasteiger partial charge is 0.369 e. The molecule has 3 aromatic rings. The molecule has 0 bridgehead atoms. The van der Waals surface area contributed by atoms with Crippen molar-refractivity contribution in [1.29, 1.82) is 0 Å². The topological polar surface area (TPSA) is 40.5 Å². The van der Waals surface area contributed by atoms with Gasteiger partial charge < -0.3 is 4.90 Å². The third kappa shape index (κ3) is 4.03. The summed E-state index contributed by atoms with van der Waals surface area (Å²) in [5, 5.41) is 7.23. The Morgan fingerprint density at radius 3 is 2.85 bits per heavy atom. The zero-order chi connectivity index (χ0) is 18.6. The molecule has 4 nitrogen and oxygen atoms in total. The van der Waals surface area contributed by atoms with Crippen molar-refractivity contribution in [2.24, 2.45) is 5.10 Å². The fraction of sp³-hybridized carbons (Fsp3) is 0.273. The van der Waals surface area contributed by atoms with Crippen LogP contribution in [0.25, 0.3) is 11.3 Å². The van der Waals surface area contributed by atoms with Crippen LogP contribution in [0.3, 0.4) is 0 Å². The molecule has 0 unspecified atom stereocenters. The molecule has 1 aliphatic rings. The van der Waals surface area contributed by atoms with E-state index in [0.717, 1.165) is 34.9 Å². The molecule has 0 radical (unpaired) electrons. The van der Waals surface area contributed by atoms with Crippen molar-refractivity contribution < 1.29 is 0 Å². The summed E-state index contributed by atoms with van der Waals surface area (Å²) in [5.41, 5.74) is 9.05. The second-order valence-electron chi connectivity index (χ2n) is 7.05. The van der Waals surface area contributed by atoms with Gasteiger partial charge in [-0.2, -0.15) is 5.10 Å². The van der Waals surface area contributed by atoms with Crippen molar-refractivity contribution in [3.8, 4) is 11.3 Å². The summed E-state index contributed by atoms with van der Waals surface area (Å²) in [7, 11) is 0. The summed E-state index contributed by atoms with van der Waals surface area (Å²) in [4.78, 5) is 7.08. The van der Waals surface area contributed by atoms with Gasteiger partial charge >= 0.3 is 0 Å². The molecule has 0 saturated carbocycles. The van der Waals surface area contributed by atoms with E-state index in [0.29, 0.717) is 6.04 Å². The average Bonchev–Trinajstić information content (AvgIpc) is 3.17. The van der Waals surface area contributed by atoms with Gasteiger partial charge in [0.25, 0.3) is 0 Å². The number of fused-ring (bicyclic) bond motifs is 1. The standard InChI is InChI=1S/C22H24N4S/c1-16(2)26-12-6-9-19-13-17(10-11-21(19)26)14-23-25-22-24-20(15-27-22)18-7-4-3-5-8-18/h3-5,7-8,10-11,13-16H,6,9,12H2,1-2H3,(H,24,25). The first-order valence-electron chi connectivity index (χ1n) is 9.40. The van der Waals surface area contributed by atoms with E-state index in [1.165, 1.54) is 17.7 Å². The van der Waals surface area contributed by atoms with Gasteiger partial charge in [-0.3, -0.25) is 5.43 Å². The highest BCUT2D eigenvalue weighted by atomic mass is 32.1. The lowest BCUT2D eigenvalue weighted by atomic mass is 9.98. The first kappa shape index (κ1) is 17.7. The lowest BCUT2D eigenvalue weighted by Crippen LogP contribution is -2.35. The molecule has 27 heavy (non-hydrogen) atoms. The summed E-state index contributed by atoms with van der Waals surface area (Å²) < 4.78 is 0. The van der Waals surface area contributed by atoms with Gasteiger partial charge in [0.1, 0.15) is 0 Å². The molecule has 1 aromatic heterocycles. The number of benzene rings is 2. The zero-order valence-electron chi connectivity index (χ0n) is 15.7. The highest BCUT2D eigenvalue weighted by Gasteiger charge is 2.18. The Kier molecular flexibility index (Phi) is 5.21. The van der Waals surface area contributed by atoms with E-state index in [9.17, 15) is 0 Å². The fourth-order valence-corrected chi connectivity index (χ4v) is 4.16. The summed E-state index contributed by atoms with van der Waals surface area (Å²) in [6.07, 6.45) is 4.23. The highest BCUT2D eigenvalue weighted by molar-refractivity contribution is 7.14. The van der Waals surface area contributed by atoms with Gasteiger partial charge in [0.2, 0.25) is 5.13 Å². The molecule has 5 heteroatoms. The van der Waals surface area contributed by atoms with Crippen molar-refractivity contribution in [1.82, 2.24) is 4.98 Å². The summed E-state index contributed by atoms with van der Waals surface area (Å²) in [6.45, 7) is 5.66. The van der Waals surface area contributed by atoms with E-state index in [2.05, 4.69) is 64.6 Å². The summed E-state index contributed by atoms with van der Waals surface area (Å²) in [6, 6.07) is 17.4. The normalized spacial score (nSPS) is 14.0. The molecule has 2 aromatic carbocycles. The third-order valence-corrected chi connectivity index (χ3v) is 5.58. The maximum Gasteiger partial charge on any atom is 0.203 e. The smallest absolute Gasteiger partial charge is 0.203 e. The van der Waals surface area contributed by atoms with Gasteiger partial charge in [-0.15, -0.1) is 11.3 Å². The van der Waals surface area contributed by atoms with Gasteiger partial charge in [0.15, 0.2) is 0 Å². The Bertz CT molecular complexity index is 930. The fourth-order valence-electron chi connectivity index (χ4n) is 3.49. The number of nitrogens with one attached hydrogen (secondary N) is 1. The van der Waals surface area contributed by atoms with Gasteiger partial charge in [-0.1, -0.05) is 36.4 Å². The minimum Gasteiger partial charge on any atom is -0.369 e. The molecular formula is C22H24N4S. The van der Waals surface area contributed by atoms with E-state index in [-0.39, 0.29) is 0 Å². The number of hydrogen-bond acceptors (Lipinski definition) is 5. The van der Waals surface area contributed by atoms with Crippen LogP contribution in [0.1, 0.15) is 31.4 Å². The molecule has 0 atom stereocenters. The Balaban J connectivity index is 1.44. The van der Waals surface area contributed by atoms with Gasteiger partial charge in [0.05, 0.1) is 11.9 Å². The minimum atomic E-state index is 0.536. The molecule has 0 fully saturated rings. The number of anilines is 2.